The molecule has 0 unspecified atom stereocenters. The van der Waals surface area contributed by atoms with Crippen LogP contribution < -0.4 is 9.62 Å². The van der Waals surface area contributed by atoms with Crippen LogP contribution in [0.15, 0.2) is 58.3 Å². The highest BCUT2D eigenvalue weighted by atomic mass is 32.2. The molecule has 0 aromatic heterocycles. The van der Waals surface area contributed by atoms with E-state index in [4.69, 9.17) is 0 Å². The van der Waals surface area contributed by atoms with Crippen molar-refractivity contribution in [2.45, 2.75) is 36.5 Å². The van der Waals surface area contributed by atoms with Crippen molar-refractivity contribution in [3.8, 4) is 0 Å². The second kappa shape index (κ2) is 8.75. The first-order valence-corrected chi connectivity index (χ1v) is 12.6. The van der Waals surface area contributed by atoms with Crippen molar-refractivity contribution in [3.05, 3.63) is 48.5 Å². The lowest BCUT2D eigenvalue weighted by atomic mass is 10.3. The van der Waals surface area contributed by atoms with Crippen molar-refractivity contribution < 1.29 is 21.6 Å². The normalized spacial score (nSPS) is 15.0. The Bertz CT molecular complexity index is 1110. The maximum atomic E-state index is 12.7. The summed E-state index contributed by atoms with van der Waals surface area (Å²) in [5.41, 5.74) is 0.926. The lowest BCUT2D eigenvalue weighted by Gasteiger charge is -2.18. The van der Waals surface area contributed by atoms with Gasteiger partial charge in [-0.25, -0.2) is 16.8 Å². The molecule has 1 aliphatic heterocycles. The molecule has 2 aromatic carbocycles. The van der Waals surface area contributed by atoms with Gasteiger partial charge in [0.1, 0.15) is 0 Å². The van der Waals surface area contributed by atoms with Crippen LogP contribution in [0.1, 0.15) is 26.7 Å². The summed E-state index contributed by atoms with van der Waals surface area (Å²) in [6, 6.07) is 11.7. The molecule has 1 heterocycles. The van der Waals surface area contributed by atoms with Gasteiger partial charge in [-0.3, -0.25) is 9.52 Å². The van der Waals surface area contributed by atoms with Gasteiger partial charge < -0.3 is 4.90 Å². The van der Waals surface area contributed by atoms with E-state index in [1.807, 2.05) is 0 Å². The molecule has 1 N–H and O–H groups in total. The minimum atomic E-state index is -3.85. The average molecular weight is 452 g/mol. The van der Waals surface area contributed by atoms with Crippen LogP contribution in [0.25, 0.3) is 0 Å². The SMILES string of the molecule is CCN(CC)S(=O)(=O)c1ccc(NS(=O)(=O)c2ccc(N3CCCC3=O)cc2)cc1. The maximum absolute atomic E-state index is 12.7. The zero-order valence-corrected chi connectivity index (χ0v) is 18.5. The van der Waals surface area contributed by atoms with E-state index in [1.165, 1.54) is 40.7 Å². The fourth-order valence-electron chi connectivity index (χ4n) is 3.35. The van der Waals surface area contributed by atoms with Gasteiger partial charge in [-0.05, 0) is 55.0 Å². The Hall–Kier alpha value is -2.43. The fourth-order valence-corrected chi connectivity index (χ4v) is 5.86. The molecule has 2 aromatic rings. The first-order valence-electron chi connectivity index (χ1n) is 9.72. The highest BCUT2D eigenvalue weighted by Gasteiger charge is 2.23. The third kappa shape index (κ3) is 4.50. The van der Waals surface area contributed by atoms with Gasteiger partial charge >= 0.3 is 0 Å². The Morgan fingerprint density at radius 3 is 1.97 bits per heavy atom. The van der Waals surface area contributed by atoms with Crippen LogP contribution in [0.5, 0.6) is 0 Å². The smallest absolute Gasteiger partial charge is 0.261 e. The monoisotopic (exact) mass is 451 g/mol. The van der Waals surface area contributed by atoms with Crippen molar-refractivity contribution in [2.24, 2.45) is 0 Å². The molecule has 0 radical (unpaired) electrons. The molecule has 1 aliphatic rings. The number of anilines is 2. The van der Waals surface area contributed by atoms with Crippen LogP contribution in [0.2, 0.25) is 0 Å². The van der Waals surface area contributed by atoms with Crippen LogP contribution in [-0.4, -0.2) is 46.7 Å². The first kappa shape index (κ1) is 22.3. The van der Waals surface area contributed by atoms with E-state index in [2.05, 4.69) is 4.72 Å². The Morgan fingerprint density at radius 1 is 0.900 bits per heavy atom. The number of carbonyl (C=O) groups is 1. The quantitative estimate of drug-likeness (QED) is 0.664. The number of rotatable bonds is 8. The van der Waals surface area contributed by atoms with Gasteiger partial charge in [0.05, 0.1) is 9.79 Å². The molecule has 8 nitrogen and oxygen atoms in total. The number of nitrogens with zero attached hydrogens (tertiary/aromatic N) is 2. The molecule has 0 spiro atoms. The van der Waals surface area contributed by atoms with E-state index in [1.54, 1.807) is 30.9 Å². The Kier molecular flexibility index (Phi) is 6.49. The molecule has 0 saturated carbocycles. The summed E-state index contributed by atoms with van der Waals surface area (Å²) in [4.78, 5) is 13.6. The number of hydrogen-bond acceptors (Lipinski definition) is 5. The number of benzene rings is 2. The maximum Gasteiger partial charge on any atom is 0.261 e. The molecule has 10 heteroatoms. The summed E-state index contributed by atoms with van der Waals surface area (Å²) in [5, 5.41) is 0. The van der Waals surface area contributed by atoms with Crippen LogP contribution in [-0.2, 0) is 24.8 Å². The van der Waals surface area contributed by atoms with E-state index in [-0.39, 0.29) is 21.4 Å². The number of amides is 1. The third-order valence-electron chi connectivity index (χ3n) is 4.98. The number of nitrogens with one attached hydrogen (secondary N) is 1. The minimum Gasteiger partial charge on any atom is -0.312 e. The van der Waals surface area contributed by atoms with Crippen LogP contribution in [0.4, 0.5) is 11.4 Å². The van der Waals surface area contributed by atoms with Crippen LogP contribution in [0.3, 0.4) is 0 Å². The molecule has 1 saturated heterocycles. The Morgan fingerprint density at radius 2 is 1.47 bits per heavy atom. The second-order valence-corrected chi connectivity index (χ2v) is 10.5. The van der Waals surface area contributed by atoms with Gasteiger partial charge in [-0.2, -0.15) is 4.31 Å². The minimum absolute atomic E-state index is 0.0310. The van der Waals surface area contributed by atoms with Gasteiger partial charge in [0.25, 0.3) is 10.0 Å². The summed E-state index contributed by atoms with van der Waals surface area (Å²) < 4.78 is 54.2. The standard InChI is InChI=1S/C20H25N3O5S2/c1-3-22(4-2)30(27,28)19-11-7-16(8-12-19)21-29(25,26)18-13-9-17(10-14-18)23-15-5-6-20(23)24/h7-14,21H,3-6,15H2,1-2H3. The predicted molar refractivity (Wildman–Crippen MR) is 115 cm³/mol. The van der Waals surface area contributed by atoms with Gasteiger partial charge in [0.15, 0.2) is 0 Å². The molecule has 0 aliphatic carbocycles. The van der Waals surface area contributed by atoms with Gasteiger partial charge in [0, 0.05) is 37.4 Å². The van der Waals surface area contributed by atoms with Crippen molar-refractivity contribution >= 4 is 37.3 Å². The second-order valence-electron chi connectivity index (χ2n) is 6.86. The summed E-state index contributed by atoms with van der Waals surface area (Å²) in [6.07, 6.45) is 1.29. The highest BCUT2D eigenvalue weighted by Crippen LogP contribution is 2.25. The highest BCUT2D eigenvalue weighted by molar-refractivity contribution is 7.92. The zero-order valence-electron chi connectivity index (χ0n) is 16.9. The molecule has 0 atom stereocenters. The van der Waals surface area contributed by atoms with E-state index >= 15 is 0 Å². The zero-order chi connectivity index (χ0) is 21.9. The lowest BCUT2D eigenvalue weighted by molar-refractivity contribution is -0.117. The van der Waals surface area contributed by atoms with Crippen LogP contribution in [0, 0.1) is 0 Å². The summed E-state index contributed by atoms with van der Waals surface area (Å²) in [5.74, 6) is 0.0310. The molecular weight excluding hydrogens is 426 g/mol. The topological polar surface area (TPSA) is 104 Å². The largest absolute Gasteiger partial charge is 0.312 e. The van der Waals surface area contributed by atoms with Gasteiger partial charge in [-0.1, -0.05) is 13.8 Å². The van der Waals surface area contributed by atoms with E-state index in [9.17, 15) is 21.6 Å². The fraction of sp³-hybridized carbons (Fsp3) is 0.350. The first-order chi connectivity index (χ1) is 14.2. The van der Waals surface area contributed by atoms with E-state index in [0.29, 0.717) is 31.7 Å². The number of carbonyl (C=O) groups excluding carboxylic acids is 1. The summed E-state index contributed by atoms with van der Waals surface area (Å²) in [6.45, 7) is 4.85. The molecule has 3 rings (SSSR count). The predicted octanol–water partition coefficient (Wildman–Crippen LogP) is 2.64. The van der Waals surface area contributed by atoms with E-state index < -0.39 is 20.0 Å². The molecule has 1 amide bonds. The van der Waals surface area contributed by atoms with Crippen molar-refractivity contribution in [1.82, 2.24) is 4.31 Å². The van der Waals surface area contributed by atoms with E-state index in [0.717, 1.165) is 6.42 Å². The number of sulfonamides is 2. The van der Waals surface area contributed by atoms with Crippen molar-refractivity contribution in [2.75, 3.05) is 29.3 Å². The molecule has 162 valence electrons. The molecular formula is C20H25N3O5S2. The van der Waals surface area contributed by atoms with Gasteiger partial charge in [0.2, 0.25) is 15.9 Å². The molecule has 30 heavy (non-hydrogen) atoms. The molecule has 0 bridgehead atoms. The number of hydrogen-bond donors (Lipinski definition) is 1. The molecule has 1 fully saturated rings. The Balaban J connectivity index is 1.76. The Labute approximate surface area is 177 Å². The van der Waals surface area contributed by atoms with Crippen LogP contribution >= 0.6 is 0 Å². The van der Waals surface area contributed by atoms with Crippen molar-refractivity contribution in [1.29, 1.82) is 0 Å². The third-order valence-corrected chi connectivity index (χ3v) is 8.44. The lowest BCUT2D eigenvalue weighted by Crippen LogP contribution is -2.30. The average Bonchev–Trinajstić information content (AvgIpc) is 3.15. The van der Waals surface area contributed by atoms with Gasteiger partial charge in [-0.15, -0.1) is 0 Å². The summed E-state index contributed by atoms with van der Waals surface area (Å²) >= 11 is 0. The summed E-state index contributed by atoms with van der Waals surface area (Å²) in [7, 11) is -7.46. The van der Waals surface area contributed by atoms with Crippen molar-refractivity contribution in [3.63, 3.8) is 0 Å².